The third-order valence-corrected chi connectivity index (χ3v) is 10.7. The highest BCUT2D eigenvalue weighted by atomic mass is 79.9. The SMILES string of the molecule is C=CCCOC(=O)[C@H]1[C@H]2C(=O)N(CCCO)C(C(=O)N(CC=C)c3ccccc3Cl)C23CC(Br)[C@@H]1S3. The van der Waals surface area contributed by atoms with E-state index in [1.54, 1.807) is 58.0 Å². The highest BCUT2D eigenvalue weighted by Gasteiger charge is 2.76. The zero-order valence-corrected chi connectivity index (χ0v) is 23.0. The van der Waals surface area contributed by atoms with Gasteiger partial charge < -0.3 is 19.6 Å². The van der Waals surface area contributed by atoms with E-state index in [-0.39, 0.29) is 48.2 Å². The number of hydrogen-bond acceptors (Lipinski definition) is 6. The van der Waals surface area contributed by atoms with Crippen molar-refractivity contribution in [3.05, 3.63) is 54.6 Å². The number of halogens is 2. The van der Waals surface area contributed by atoms with Crippen molar-refractivity contribution in [2.45, 2.75) is 40.1 Å². The van der Waals surface area contributed by atoms with Crippen molar-refractivity contribution in [1.82, 2.24) is 4.90 Å². The van der Waals surface area contributed by atoms with Crippen LogP contribution in [0.4, 0.5) is 5.69 Å². The molecule has 0 saturated carbocycles. The molecule has 3 aliphatic rings. The molecule has 0 aliphatic carbocycles. The lowest BCUT2D eigenvalue weighted by atomic mass is 9.71. The van der Waals surface area contributed by atoms with Crippen molar-refractivity contribution < 1.29 is 24.2 Å². The van der Waals surface area contributed by atoms with Crippen LogP contribution in [0, 0.1) is 11.8 Å². The van der Waals surface area contributed by atoms with Crippen LogP contribution < -0.4 is 4.90 Å². The molecule has 3 saturated heterocycles. The molecule has 4 rings (SSSR count). The molecule has 7 nitrogen and oxygen atoms in total. The van der Waals surface area contributed by atoms with Gasteiger partial charge in [-0.1, -0.05) is 51.8 Å². The van der Waals surface area contributed by atoms with Crippen LogP contribution in [-0.4, -0.2) is 75.0 Å². The minimum absolute atomic E-state index is 0.0511. The third-order valence-electron chi connectivity index (χ3n) is 7.14. The fraction of sp³-hybridized carbons (Fsp3) is 0.500. The Labute approximate surface area is 229 Å². The first-order chi connectivity index (χ1) is 17.3. The summed E-state index contributed by atoms with van der Waals surface area (Å²) in [7, 11) is 0. The summed E-state index contributed by atoms with van der Waals surface area (Å²) in [6, 6.07) is 6.24. The number of nitrogens with zero attached hydrogens (tertiary/aromatic N) is 2. The zero-order chi connectivity index (χ0) is 26.0. The minimum Gasteiger partial charge on any atom is -0.465 e. The van der Waals surface area contributed by atoms with E-state index in [2.05, 4.69) is 29.1 Å². The fourth-order valence-corrected chi connectivity index (χ4v) is 9.59. The number of aliphatic hydroxyl groups excluding tert-OH is 1. The normalized spacial score (nSPS) is 30.2. The van der Waals surface area contributed by atoms with Crippen LogP contribution in [0.3, 0.4) is 0 Å². The molecule has 3 aliphatic heterocycles. The van der Waals surface area contributed by atoms with E-state index in [1.165, 1.54) is 0 Å². The van der Waals surface area contributed by atoms with Gasteiger partial charge in [0.1, 0.15) is 6.04 Å². The average Bonchev–Trinajstić information content (AvgIpc) is 3.45. The summed E-state index contributed by atoms with van der Waals surface area (Å²) in [6.07, 6.45) is 4.71. The summed E-state index contributed by atoms with van der Waals surface area (Å²) < 4.78 is 4.72. The Kier molecular flexibility index (Phi) is 8.54. The third kappa shape index (κ3) is 4.52. The van der Waals surface area contributed by atoms with E-state index in [9.17, 15) is 19.5 Å². The standard InChI is InChI=1S/C26H30BrClN2O5S/c1-3-5-14-35-25(34)19-20-23(32)30(12-8-13-31)22(26(20)15-16(27)21(19)36-26)24(33)29(11-4-2)18-10-7-6-9-17(18)28/h3-4,6-7,9-10,16,19-22,31H,1-2,5,8,11-15H2/t16?,19-,20-,21-,22?,26?/m0/s1. The molecule has 2 bridgehead atoms. The number of amides is 2. The number of fused-ring (bicyclic) bond motifs is 1. The van der Waals surface area contributed by atoms with Crippen molar-refractivity contribution in [3.8, 4) is 0 Å². The van der Waals surface area contributed by atoms with E-state index in [0.29, 0.717) is 30.0 Å². The van der Waals surface area contributed by atoms with E-state index in [1.807, 2.05) is 0 Å². The Morgan fingerprint density at radius 1 is 1.33 bits per heavy atom. The van der Waals surface area contributed by atoms with Crippen molar-refractivity contribution in [3.63, 3.8) is 0 Å². The number of rotatable bonds is 11. The van der Waals surface area contributed by atoms with Gasteiger partial charge in [-0.25, -0.2) is 0 Å². The lowest BCUT2D eigenvalue weighted by molar-refractivity contribution is -0.154. The van der Waals surface area contributed by atoms with Crippen LogP contribution in [-0.2, 0) is 19.1 Å². The number of thioether (sulfide) groups is 1. The van der Waals surface area contributed by atoms with Gasteiger partial charge >= 0.3 is 5.97 Å². The Balaban J connectivity index is 1.76. The number of hydrogen-bond donors (Lipinski definition) is 1. The fourth-order valence-electron chi connectivity index (χ4n) is 5.75. The maximum atomic E-state index is 14.3. The molecule has 1 N–H and O–H groups in total. The monoisotopic (exact) mass is 596 g/mol. The first-order valence-corrected chi connectivity index (χ1v) is 14.2. The first-order valence-electron chi connectivity index (χ1n) is 12.0. The van der Waals surface area contributed by atoms with Gasteiger partial charge in [0.2, 0.25) is 5.91 Å². The molecule has 0 radical (unpaired) electrons. The number of alkyl halides is 1. The molecule has 3 unspecified atom stereocenters. The highest BCUT2D eigenvalue weighted by Crippen LogP contribution is 2.68. The Morgan fingerprint density at radius 2 is 2.08 bits per heavy atom. The molecule has 3 fully saturated rings. The number of likely N-dealkylation sites (tertiary alicyclic amines) is 1. The molecule has 2 amide bonds. The van der Waals surface area contributed by atoms with Crippen LogP contribution in [0.5, 0.6) is 0 Å². The van der Waals surface area contributed by atoms with Gasteiger partial charge in [-0.2, -0.15) is 0 Å². The van der Waals surface area contributed by atoms with Gasteiger partial charge in [-0.15, -0.1) is 24.9 Å². The van der Waals surface area contributed by atoms with Crippen LogP contribution in [0.25, 0.3) is 0 Å². The predicted octanol–water partition coefficient (Wildman–Crippen LogP) is 3.83. The molecule has 0 aromatic heterocycles. The number of para-hydroxylation sites is 1. The van der Waals surface area contributed by atoms with Crippen molar-refractivity contribution in [2.24, 2.45) is 11.8 Å². The van der Waals surface area contributed by atoms with E-state index >= 15 is 0 Å². The molecular formula is C26H30BrClN2O5S. The summed E-state index contributed by atoms with van der Waals surface area (Å²) in [5, 5.41) is 9.76. The van der Waals surface area contributed by atoms with Gasteiger partial charge in [-0.3, -0.25) is 14.4 Å². The molecule has 6 atom stereocenters. The number of benzene rings is 1. The van der Waals surface area contributed by atoms with Crippen molar-refractivity contribution >= 4 is 62.8 Å². The second kappa shape index (κ2) is 11.3. The summed E-state index contributed by atoms with van der Waals surface area (Å²) >= 11 is 11.7. The second-order valence-corrected chi connectivity index (χ2v) is 12.3. The van der Waals surface area contributed by atoms with Crippen molar-refractivity contribution in [1.29, 1.82) is 0 Å². The lowest BCUT2D eigenvalue weighted by Gasteiger charge is -2.38. The van der Waals surface area contributed by atoms with Crippen LogP contribution in [0.2, 0.25) is 5.02 Å². The lowest BCUT2D eigenvalue weighted by Crippen LogP contribution is -2.55. The zero-order valence-electron chi connectivity index (χ0n) is 19.9. The van der Waals surface area contributed by atoms with E-state index < -0.39 is 28.6 Å². The summed E-state index contributed by atoms with van der Waals surface area (Å²) in [5.74, 6) is -2.26. The molecule has 3 heterocycles. The topological polar surface area (TPSA) is 87.1 Å². The Bertz CT molecular complexity index is 1060. The van der Waals surface area contributed by atoms with Crippen LogP contribution in [0.15, 0.2) is 49.6 Å². The van der Waals surface area contributed by atoms with E-state index in [4.69, 9.17) is 16.3 Å². The maximum Gasteiger partial charge on any atom is 0.310 e. The van der Waals surface area contributed by atoms with Gasteiger partial charge in [-0.05, 0) is 31.4 Å². The van der Waals surface area contributed by atoms with E-state index in [0.717, 1.165) is 0 Å². The Hall–Kier alpha value is -1.81. The Morgan fingerprint density at radius 3 is 2.75 bits per heavy atom. The number of carbonyl (C=O) groups is 3. The second-order valence-electron chi connectivity index (χ2n) is 9.21. The maximum absolute atomic E-state index is 14.3. The largest absolute Gasteiger partial charge is 0.465 e. The number of anilines is 1. The van der Waals surface area contributed by atoms with Gasteiger partial charge in [0, 0.05) is 29.8 Å². The summed E-state index contributed by atoms with van der Waals surface area (Å²) in [5.41, 5.74) is 0.534. The smallest absolute Gasteiger partial charge is 0.310 e. The predicted molar refractivity (Wildman–Crippen MR) is 145 cm³/mol. The molecule has 194 valence electrons. The van der Waals surface area contributed by atoms with Gasteiger partial charge in [0.15, 0.2) is 0 Å². The highest BCUT2D eigenvalue weighted by molar-refractivity contribution is 9.09. The minimum atomic E-state index is -0.821. The summed E-state index contributed by atoms with van der Waals surface area (Å²) in [4.78, 5) is 44.5. The summed E-state index contributed by atoms with van der Waals surface area (Å²) in [6.45, 7) is 7.98. The molecule has 1 aromatic carbocycles. The van der Waals surface area contributed by atoms with Crippen molar-refractivity contribution in [2.75, 3.05) is 31.2 Å². The van der Waals surface area contributed by atoms with Crippen LogP contribution in [0.1, 0.15) is 19.3 Å². The average molecular weight is 598 g/mol. The molecule has 1 aromatic rings. The molecular weight excluding hydrogens is 568 g/mol. The number of carbonyl (C=O) groups excluding carboxylic acids is 3. The van der Waals surface area contributed by atoms with Crippen LogP contribution >= 0.6 is 39.3 Å². The number of esters is 1. The number of aliphatic hydroxyl groups is 1. The molecule has 1 spiro atoms. The molecule has 10 heteroatoms. The quantitative estimate of drug-likeness (QED) is 0.181. The first kappa shape index (κ1) is 27.2. The van der Waals surface area contributed by atoms with Gasteiger partial charge in [0.05, 0.1) is 33.9 Å². The van der Waals surface area contributed by atoms with Gasteiger partial charge in [0.25, 0.3) is 5.91 Å². The molecule has 36 heavy (non-hydrogen) atoms. The number of ether oxygens (including phenoxy) is 1.